The Morgan fingerprint density at radius 3 is 2.47 bits per heavy atom. The highest BCUT2D eigenvalue weighted by molar-refractivity contribution is 9.10. The van der Waals surface area contributed by atoms with Crippen molar-refractivity contribution in [2.24, 2.45) is 0 Å². The Morgan fingerprint density at radius 2 is 1.89 bits per heavy atom. The third-order valence-electron chi connectivity index (χ3n) is 3.26. The van der Waals surface area contributed by atoms with Crippen LogP contribution in [0, 0.1) is 20.8 Å². The van der Waals surface area contributed by atoms with Gasteiger partial charge in [0.05, 0.1) is 11.4 Å². The maximum Gasteiger partial charge on any atom is 0.235 e. The molecule has 0 N–H and O–H groups in total. The van der Waals surface area contributed by atoms with Gasteiger partial charge in [-0.2, -0.15) is 0 Å². The monoisotopic (exact) mass is 327 g/mol. The molecule has 0 radical (unpaired) electrons. The van der Waals surface area contributed by atoms with Gasteiger partial charge >= 0.3 is 0 Å². The van der Waals surface area contributed by atoms with E-state index in [1.54, 1.807) is 11.9 Å². The Balaban J connectivity index is 2.59. The van der Waals surface area contributed by atoms with E-state index in [1.807, 2.05) is 13.8 Å². The molecular weight excluding hydrogens is 306 g/mol. The van der Waals surface area contributed by atoms with Crippen molar-refractivity contribution in [3.05, 3.63) is 28.8 Å². The summed E-state index contributed by atoms with van der Waals surface area (Å²) >= 11 is 3.28. The summed E-state index contributed by atoms with van der Waals surface area (Å²) in [4.78, 5) is 13.2. The Morgan fingerprint density at radius 1 is 1.32 bits per heavy atom. The lowest BCUT2D eigenvalue weighted by molar-refractivity contribution is -0.129. The first kappa shape index (κ1) is 16.0. The van der Waals surface area contributed by atoms with E-state index in [2.05, 4.69) is 41.9 Å². The first-order valence-electron chi connectivity index (χ1n) is 6.43. The number of ether oxygens (including phenoxy) is 1. The number of halogens is 1. The van der Waals surface area contributed by atoms with Crippen LogP contribution in [0.1, 0.15) is 23.6 Å². The number of nitrogens with zero attached hydrogens (tertiary/aromatic N) is 1. The number of rotatable bonds is 5. The minimum atomic E-state index is -0.153. The van der Waals surface area contributed by atoms with Crippen molar-refractivity contribution >= 4 is 21.8 Å². The van der Waals surface area contributed by atoms with Crippen molar-refractivity contribution in [2.75, 3.05) is 20.2 Å². The lowest BCUT2D eigenvalue weighted by Crippen LogP contribution is -2.35. The Labute approximate surface area is 124 Å². The van der Waals surface area contributed by atoms with Crippen LogP contribution in [0.3, 0.4) is 0 Å². The van der Waals surface area contributed by atoms with Gasteiger partial charge in [0, 0.05) is 7.05 Å². The van der Waals surface area contributed by atoms with Crippen molar-refractivity contribution in [3.63, 3.8) is 0 Å². The van der Waals surface area contributed by atoms with Crippen LogP contribution in [0.4, 0.5) is 0 Å². The van der Waals surface area contributed by atoms with Gasteiger partial charge in [-0.3, -0.25) is 4.79 Å². The fraction of sp³-hybridized carbons (Fsp3) is 0.533. The first-order valence-corrected chi connectivity index (χ1v) is 7.34. The standard InChI is InChI=1S/C15H22BrNO2/c1-10-6-7-11(2)14(12(10)3)19-9-8-17(5)15(18)13(4)16/h6-7,13H,8-9H2,1-5H3. The lowest BCUT2D eigenvalue weighted by Gasteiger charge is -2.20. The smallest absolute Gasteiger partial charge is 0.235 e. The normalized spacial score (nSPS) is 12.1. The van der Waals surface area contributed by atoms with Gasteiger partial charge in [-0.05, 0) is 44.4 Å². The molecule has 0 aliphatic rings. The van der Waals surface area contributed by atoms with Gasteiger partial charge in [0.25, 0.3) is 0 Å². The zero-order valence-electron chi connectivity index (χ0n) is 12.3. The minimum absolute atomic E-state index is 0.0706. The maximum atomic E-state index is 11.7. The van der Waals surface area contributed by atoms with Gasteiger partial charge in [-0.1, -0.05) is 28.1 Å². The summed E-state index contributed by atoms with van der Waals surface area (Å²) in [6.45, 7) is 9.09. The zero-order valence-corrected chi connectivity index (χ0v) is 13.9. The molecule has 3 nitrogen and oxygen atoms in total. The summed E-state index contributed by atoms with van der Waals surface area (Å²) in [6, 6.07) is 4.16. The molecule has 19 heavy (non-hydrogen) atoms. The van der Waals surface area contributed by atoms with Crippen LogP contribution in [0.25, 0.3) is 0 Å². The highest BCUT2D eigenvalue weighted by Gasteiger charge is 2.14. The summed E-state index contributed by atoms with van der Waals surface area (Å²) in [6.07, 6.45) is 0. The molecule has 1 aromatic carbocycles. The van der Waals surface area contributed by atoms with Gasteiger partial charge in [-0.15, -0.1) is 0 Å². The molecule has 0 spiro atoms. The minimum Gasteiger partial charge on any atom is -0.491 e. The topological polar surface area (TPSA) is 29.5 Å². The van der Waals surface area contributed by atoms with Crippen molar-refractivity contribution < 1.29 is 9.53 Å². The molecule has 4 heteroatoms. The molecule has 0 aliphatic heterocycles. The highest BCUT2D eigenvalue weighted by Crippen LogP contribution is 2.25. The second kappa shape index (κ2) is 6.94. The molecule has 1 rings (SSSR count). The Bertz CT molecular complexity index is 458. The molecule has 1 atom stereocenters. The Hall–Kier alpha value is -1.03. The van der Waals surface area contributed by atoms with E-state index >= 15 is 0 Å². The number of carbonyl (C=O) groups is 1. The number of benzene rings is 1. The van der Waals surface area contributed by atoms with Crippen molar-refractivity contribution in [2.45, 2.75) is 32.5 Å². The zero-order chi connectivity index (χ0) is 14.6. The van der Waals surface area contributed by atoms with E-state index in [0.717, 1.165) is 11.3 Å². The average Bonchev–Trinajstić information content (AvgIpc) is 2.36. The molecule has 0 saturated carbocycles. The van der Waals surface area contributed by atoms with Gasteiger partial charge in [0.1, 0.15) is 12.4 Å². The van der Waals surface area contributed by atoms with E-state index in [1.165, 1.54) is 11.1 Å². The molecule has 1 unspecified atom stereocenters. The lowest BCUT2D eigenvalue weighted by atomic mass is 10.1. The number of alkyl halides is 1. The van der Waals surface area contributed by atoms with Crippen molar-refractivity contribution in [1.82, 2.24) is 4.90 Å². The molecule has 0 bridgehead atoms. The predicted octanol–water partition coefficient (Wildman–Crippen LogP) is 3.23. The first-order chi connectivity index (χ1) is 8.84. The fourth-order valence-electron chi connectivity index (χ4n) is 1.85. The molecule has 1 aromatic rings. The van der Waals surface area contributed by atoms with Crippen LogP contribution in [0.15, 0.2) is 12.1 Å². The quantitative estimate of drug-likeness (QED) is 0.777. The van der Waals surface area contributed by atoms with E-state index in [4.69, 9.17) is 4.74 Å². The third-order valence-corrected chi connectivity index (χ3v) is 3.65. The molecule has 0 saturated heterocycles. The third kappa shape index (κ3) is 4.23. The van der Waals surface area contributed by atoms with Gasteiger partial charge in [0.15, 0.2) is 0 Å². The summed E-state index contributed by atoms with van der Waals surface area (Å²) in [5.41, 5.74) is 3.52. The number of hydrogen-bond donors (Lipinski definition) is 0. The van der Waals surface area contributed by atoms with Crippen LogP contribution in [0.5, 0.6) is 5.75 Å². The number of amides is 1. The predicted molar refractivity (Wildman–Crippen MR) is 82.2 cm³/mol. The van der Waals surface area contributed by atoms with E-state index in [0.29, 0.717) is 13.2 Å². The second-order valence-corrected chi connectivity index (χ2v) is 6.25. The van der Waals surface area contributed by atoms with Crippen LogP contribution >= 0.6 is 15.9 Å². The van der Waals surface area contributed by atoms with Gasteiger partial charge in [0.2, 0.25) is 5.91 Å². The second-order valence-electron chi connectivity index (χ2n) is 4.88. The molecule has 1 amide bonds. The van der Waals surface area contributed by atoms with Crippen molar-refractivity contribution in [1.29, 1.82) is 0 Å². The van der Waals surface area contributed by atoms with Crippen molar-refractivity contribution in [3.8, 4) is 5.75 Å². The summed E-state index contributed by atoms with van der Waals surface area (Å²) in [5.74, 6) is 1.01. The number of hydrogen-bond acceptors (Lipinski definition) is 2. The van der Waals surface area contributed by atoms with E-state index in [9.17, 15) is 4.79 Å². The molecule has 0 aromatic heterocycles. The van der Waals surface area contributed by atoms with E-state index in [-0.39, 0.29) is 10.7 Å². The van der Waals surface area contributed by atoms with Gasteiger partial charge < -0.3 is 9.64 Å². The van der Waals surface area contributed by atoms with Crippen LogP contribution in [-0.4, -0.2) is 35.8 Å². The molecule has 0 aliphatic carbocycles. The number of likely N-dealkylation sites (N-methyl/N-ethyl adjacent to an activating group) is 1. The Kier molecular flexibility index (Phi) is 5.85. The average molecular weight is 328 g/mol. The number of aryl methyl sites for hydroxylation is 2. The summed E-state index contributed by atoms with van der Waals surface area (Å²) < 4.78 is 5.84. The molecule has 0 fully saturated rings. The fourth-order valence-corrected chi connectivity index (χ4v) is 2.20. The SMILES string of the molecule is Cc1ccc(C)c(OCCN(C)C(=O)C(C)Br)c1C. The molecule has 106 valence electrons. The summed E-state index contributed by atoms with van der Waals surface area (Å²) in [7, 11) is 1.79. The largest absolute Gasteiger partial charge is 0.491 e. The highest BCUT2D eigenvalue weighted by atomic mass is 79.9. The van der Waals surface area contributed by atoms with Crippen LogP contribution in [-0.2, 0) is 4.79 Å². The van der Waals surface area contributed by atoms with Gasteiger partial charge in [-0.25, -0.2) is 0 Å². The molecule has 0 heterocycles. The van der Waals surface area contributed by atoms with E-state index < -0.39 is 0 Å². The number of carbonyl (C=O) groups excluding carboxylic acids is 1. The van der Waals surface area contributed by atoms with Crippen LogP contribution < -0.4 is 4.74 Å². The molecular formula is C15H22BrNO2. The van der Waals surface area contributed by atoms with Crippen LogP contribution in [0.2, 0.25) is 0 Å². The maximum absolute atomic E-state index is 11.7. The summed E-state index contributed by atoms with van der Waals surface area (Å²) in [5, 5.41) is 0.